The highest BCUT2D eigenvalue weighted by Crippen LogP contribution is 2.26. The molecule has 0 saturated heterocycles. The van der Waals surface area contributed by atoms with Crippen LogP contribution < -0.4 is 15.4 Å². The van der Waals surface area contributed by atoms with Gasteiger partial charge in [-0.2, -0.15) is 0 Å². The van der Waals surface area contributed by atoms with Crippen molar-refractivity contribution in [2.45, 2.75) is 52.0 Å². The van der Waals surface area contributed by atoms with Crippen LogP contribution in [0.3, 0.4) is 0 Å². The second-order valence-electron chi connectivity index (χ2n) is 5.81. The van der Waals surface area contributed by atoms with Crippen LogP contribution in [0.4, 0.5) is 5.69 Å². The Labute approximate surface area is 133 Å². The van der Waals surface area contributed by atoms with Crippen molar-refractivity contribution in [1.29, 1.82) is 0 Å². The number of thiocarbonyl (C=S) groups is 1. The Kier molecular flexibility index (Phi) is 6.30. The third kappa shape index (κ3) is 4.88. The van der Waals surface area contributed by atoms with Gasteiger partial charge in [0.05, 0.1) is 12.3 Å². The second-order valence-corrected chi connectivity index (χ2v) is 6.22. The fraction of sp³-hybridized carbons (Fsp3) is 0.588. The van der Waals surface area contributed by atoms with Crippen molar-refractivity contribution in [1.82, 2.24) is 5.32 Å². The first-order valence-electron chi connectivity index (χ1n) is 8.00. The Morgan fingerprint density at radius 1 is 1.29 bits per heavy atom. The number of para-hydroxylation sites is 2. The molecule has 0 aliphatic heterocycles. The Morgan fingerprint density at radius 3 is 2.81 bits per heavy atom. The fourth-order valence-corrected chi connectivity index (χ4v) is 3.03. The van der Waals surface area contributed by atoms with Crippen molar-refractivity contribution < 1.29 is 4.74 Å². The number of ether oxygens (including phenoxy) is 1. The molecule has 116 valence electrons. The van der Waals surface area contributed by atoms with Crippen LogP contribution in [0.5, 0.6) is 5.75 Å². The van der Waals surface area contributed by atoms with E-state index < -0.39 is 0 Å². The Bertz CT molecular complexity index is 464. The molecule has 1 saturated carbocycles. The predicted molar refractivity (Wildman–Crippen MR) is 93.0 cm³/mol. The highest BCUT2D eigenvalue weighted by atomic mass is 32.1. The lowest BCUT2D eigenvalue weighted by Gasteiger charge is -2.30. The van der Waals surface area contributed by atoms with Gasteiger partial charge in [0.1, 0.15) is 5.75 Å². The Hall–Kier alpha value is -1.29. The summed E-state index contributed by atoms with van der Waals surface area (Å²) in [6.45, 7) is 5.13. The molecule has 1 fully saturated rings. The van der Waals surface area contributed by atoms with E-state index in [1.807, 2.05) is 24.3 Å². The lowest BCUT2D eigenvalue weighted by Crippen LogP contribution is -2.43. The van der Waals surface area contributed by atoms with E-state index in [0.29, 0.717) is 17.1 Å². The molecule has 3 nitrogen and oxygen atoms in total. The summed E-state index contributed by atoms with van der Waals surface area (Å²) in [5.74, 6) is 1.55. The van der Waals surface area contributed by atoms with Gasteiger partial charge in [-0.1, -0.05) is 38.8 Å². The minimum Gasteiger partial charge on any atom is -0.491 e. The number of nitrogens with one attached hydrogen (secondary N) is 2. The minimum atomic E-state index is 0.488. The first kappa shape index (κ1) is 16.1. The smallest absolute Gasteiger partial charge is 0.171 e. The van der Waals surface area contributed by atoms with Crippen LogP contribution in [0.1, 0.15) is 46.0 Å². The maximum Gasteiger partial charge on any atom is 0.171 e. The summed E-state index contributed by atoms with van der Waals surface area (Å²) in [7, 11) is 0. The van der Waals surface area contributed by atoms with Crippen LogP contribution in [0.2, 0.25) is 0 Å². The molecule has 1 aliphatic rings. The molecular weight excluding hydrogens is 280 g/mol. The monoisotopic (exact) mass is 306 g/mol. The van der Waals surface area contributed by atoms with Gasteiger partial charge in [0.2, 0.25) is 0 Å². The molecule has 0 aromatic heterocycles. The van der Waals surface area contributed by atoms with E-state index in [1.165, 1.54) is 25.7 Å². The summed E-state index contributed by atoms with van der Waals surface area (Å²) >= 11 is 5.46. The van der Waals surface area contributed by atoms with Crippen LogP contribution in [-0.4, -0.2) is 17.8 Å². The van der Waals surface area contributed by atoms with Gasteiger partial charge in [0.25, 0.3) is 0 Å². The fourth-order valence-electron chi connectivity index (χ4n) is 2.77. The zero-order valence-electron chi connectivity index (χ0n) is 13.0. The Morgan fingerprint density at radius 2 is 2.05 bits per heavy atom. The number of hydrogen-bond acceptors (Lipinski definition) is 2. The first-order valence-corrected chi connectivity index (χ1v) is 8.41. The van der Waals surface area contributed by atoms with Gasteiger partial charge in [-0.05, 0) is 49.5 Å². The largest absolute Gasteiger partial charge is 0.491 e. The standard InChI is InChI=1S/C17H26N2OS/c1-3-12-20-16-11-7-6-10-15(16)19-17(21)18-14-9-5-4-8-13(14)2/h6-7,10-11,13-14H,3-5,8-9,12H2,1-2H3,(H2,18,19,21)/t13-,14-/m1/s1. The zero-order valence-corrected chi connectivity index (χ0v) is 13.8. The highest BCUT2D eigenvalue weighted by Gasteiger charge is 2.21. The van der Waals surface area contributed by atoms with Crippen LogP contribution in [0, 0.1) is 5.92 Å². The quantitative estimate of drug-likeness (QED) is 0.793. The molecule has 1 aromatic carbocycles. The van der Waals surface area contributed by atoms with Crippen molar-refractivity contribution in [2.24, 2.45) is 5.92 Å². The SMILES string of the molecule is CCCOc1ccccc1NC(=S)N[C@@H]1CCCC[C@H]1C. The van der Waals surface area contributed by atoms with Crippen LogP contribution in [-0.2, 0) is 0 Å². The van der Waals surface area contributed by atoms with Gasteiger partial charge in [-0.3, -0.25) is 0 Å². The molecule has 2 rings (SSSR count). The van der Waals surface area contributed by atoms with E-state index in [-0.39, 0.29) is 0 Å². The molecule has 0 radical (unpaired) electrons. The van der Waals surface area contributed by atoms with Gasteiger partial charge in [0, 0.05) is 6.04 Å². The van der Waals surface area contributed by atoms with Gasteiger partial charge in [-0.25, -0.2) is 0 Å². The minimum absolute atomic E-state index is 0.488. The Balaban J connectivity index is 1.92. The molecule has 0 heterocycles. The van der Waals surface area contributed by atoms with E-state index in [9.17, 15) is 0 Å². The lowest BCUT2D eigenvalue weighted by atomic mass is 9.86. The number of anilines is 1. The van der Waals surface area contributed by atoms with E-state index in [1.54, 1.807) is 0 Å². The van der Waals surface area contributed by atoms with Crippen molar-refractivity contribution in [3.05, 3.63) is 24.3 Å². The van der Waals surface area contributed by atoms with Crippen molar-refractivity contribution in [3.8, 4) is 5.75 Å². The number of benzene rings is 1. The van der Waals surface area contributed by atoms with Gasteiger partial charge >= 0.3 is 0 Å². The molecule has 0 spiro atoms. The molecule has 1 aliphatic carbocycles. The summed E-state index contributed by atoms with van der Waals surface area (Å²) in [6.07, 6.45) is 6.12. The van der Waals surface area contributed by atoms with Crippen molar-refractivity contribution >= 4 is 23.0 Å². The number of hydrogen-bond donors (Lipinski definition) is 2. The average Bonchev–Trinajstić information content (AvgIpc) is 2.49. The van der Waals surface area contributed by atoms with Crippen LogP contribution >= 0.6 is 12.2 Å². The van der Waals surface area contributed by atoms with Crippen LogP contribution in [0.15, 0.2) is 24.3 Å². The third-order valence-corrected chi connectivity index (χ3v) is 4.24. The molecule has 0 amide bonds. The molecule has 1 aromatic rings. The molecule has 2 atom stereocenters. The van der Waals surface area contributed by atoms with E-state index in [2.05, 4.69) is 24.5 Å². The summed E-state index contributed by atoms with van der Waals surface area (Å²) < 4.78 is 5.75. The average molecular weight is 306 g/mol. The molecule has 21 heavy (non-hydrogen) atoms. The van der Waals surface area contributed by atoms with E-state index in [0.717, 1.165) is 24.5 Å². The molecular formula is C17H26N2OS. The van der Waals surface area contributed by atoms with E-state index >= 15 is 0 Å². The van der Waals surface area contributed by atoms with E-state index in [4.69, 9.17) is 17.0 Å². The second kappa shape index (κ2) is 8.23. The molecule has 0 unspecified atom stereocenters. The predicted octanol–water partition coefficient (Wildman–Crippen LogP) is 4.34. The van der Waals surface area contributed by atoms with Gasteiger partial charge < -0.3 is 15.4 Å². The van der Waals surface area contributed by atoms with Crippen molar-refractivity contribution in [2.75, 3.05) is 11.9 Å². The topological polar surface area (TPSA) is 33.3 Å². The number of rotatable bonds is 5. The third-order valence-electron chi connectivity index (χ3n) is 4.02. The maximum absolute atomic E-state index is 5.75. The summed E-state index contributed by atoms with van der Waals surface area (Å²) in [5, 5.41) is 7.44. The highest BCUT2D eigenvalue weighted by molar-refractivity contribution is 7.80. The summed E-state index contributed by atoms with van der Waals surface area (Å²) in [6, 6.07) is 8.44. The van der Waals surface area contributed by atoms with Crippen LogP contribution in [0.25, 0.3) is 0 Å². The molecule has 4 heteroatoms. The summed E-state index contributed by atoms with van der Waals surface area (Å²) in [5.41, 5.74) is 0.937. The zero-order chi connectivity index (χ0) is 15.1. The first-order chi connectivity index (χ1) is 10.2. The lowest BCUT2D eigenvalue weighted by molar-refractivity contribution is 0.309. The van der Waals surface area contributed by atoms with Gasteiger partial charge in [0.15, 0.2) is 5.11 Å². The van der Waals surface area contributed by atoms with Crippen molar-refractivity contribution in [3.63, 3.8) is 0 Å². The van der Waals surface area contributed by atoms with Gasteiger partial charge in [-0.15, -0.1) is 0 Å². The molecule has 2 N–H and O–H groups in total. The maximum atomic E-state index is 5.75. The summed E-state index contributed by atoms with van der Waals surface area (Å²) in [4.78, 5) is 0. The normalized spacial score (nSPS) is 21.6. The molecule has 0 bridgehead atoms.